The van der Waals surface area contributed by atoms with Crippen molar-refractivity contribution in [2.45, 2.75) is 6.92 Å². The summed E-state index contributed by atoms with van der Waals surface area (Å²) in [6.07, 6.45) is 1.61. The lowest BCUT2D eigenvalue weighted by molar-refractivity contribution is -0.132. The number of esters is 1. The van der Waals surface area contributed by atoms with Crippen LogP contribution in [0.4, 0.5) is 0 Å². The quantitative estimate of drug-likeness (QED) is 0.476. The minimum Gasteiger partial charge on any atom is -0.464 e. The van der Waals surface area contributed by atoms with Crippen molar-refractivity contribution in [1.29, 1.82) is 0 Å². The first-order valence-electron chi connectivity index (χ1n) is 6.64. The van der Waals surface area contributed by atoms with Gasteiger partial charge < -0.3 is 14.3 Å². The summed E-state index contributed by atoms with van der Waals surface area (Å²) >= 11 is 6.06. The molecule has 0 saturated heterocycles. The van der Waals surface area contributed by atoms with Gasteiger partial charge in [0.05, 0.1) is 12.7 Å². The van der Waals surface area contributed by atoms with Crippen molar-refractivity contribution in [2.75, 3.05) is 14.2 Å². The molecule has 2 aromatic rings. The molecule has 0 bridgehead atoms. The SMILES string of the molecule is CO/N=C(/C(=O)OC)c1c(C)cccc1Oc1nn(C)cc1Cl. The predicted octanol–water partition coefficient (Wildman–Crippen LogP) is 2.70. The van der Waals surface area contributed by atoms with E-state index in [9.17, 15) is 4.79 Å². The van der Waals surface area contributed by atoms with E-state index in [0.29, 0.717) is 16.3 Å². The van der Waals surface area contributed by atoms with E-state index in [2.05, 4.69) is 10.3 Å². The highest BCUT2D eigenvalue weighted by atomic mass is 35.5. The molecule has 23 heavy (non-hydrogen) atoms. The Balaban J connectivity index is 2.53. The number of ether oxygens (including phenoxy) is 2. The molecular weight excluding hydrogens is 322 g/mol. The van der Waals surface area contributed by atoms with Crippen LogP contribution >= 0.6 is 11.6 Å². The van der Waals surface area contributed by atoms with Gasteiger partial charge in [-0.25, -0.2) is 4.79 Å². The molecule has 0 aliphatic carbocycles. The fraction of sp³-hybridized carbons (Fsp3) is 0.267. The number of aryl methyl sites for hydroxylation is 2. The third-order valence-electron chi connectivity index (χ3n) is 2.99. The Hall–Kier alpha value is -2.54. The van der Waals surface area contributed by atoms with Crippen molar-refractivity contribution in [3.63, 3.8) is 0 Å². The van der Waals surface area contributed by atoms with Crippen LogP contribution in [-0.4, -0.2) is 35.7 Å². The molecule has 0 unspecified atom stereocenters. The van der Waals surface area contributed by atoms with Crippen molar-refractivity contribution in [2.24, 2.45) is 12.2 Å². The number of hydrogen-bond donors (Lipinski definition) is 0. The number of carbonyl (C=O) groups excluding carboxylic acids is 1. The van der Waals surface area contributed by atoms with Crippen molar-refractivity contribution >= 4 is 23.3 Å². The molecule has 0 amide bonds. The second-order valence-electron chi connectivity index (χ2n) is 4.62. The summed E-state index contributed by atoms with van der Waals surface area (Å²) in [4.78, 5) is 16.8. The number of rotatable bonds is 5. The van der Waals surface area contributed by atoms with Crippen LogP contribution < -0.4 is 4.74 Å². The van der Waals surface area contributed by atoms with Gasteiger partial charge >= 0.3 is 5.97 Å². The topological polar surface area (TPSA) is 74.9 Å². The highest BCUT2D eigenvalue weighted by Gasteiger charge is 2.23. The smallest absolute Gasteiger partial charge is 0.360 e. The average Bonchev–Trinajstić information content (AvgIpc) is 2.83. The van der Waals surface area contributed by atoms with Gasteiger partial charge in [-0.15, -0.1) is 5.10 Å². The van der Waals surface area contributed by atoms with Gasteiger partial charge in [-0.3, -0.25) is 4.68 Å². The number of hydrogen-bond acceptors (Lipinski definition) is 6. The van der Waals surface area contributed by atoms with Crippen LogP contribution in [0.15, 0.2) is 29.6 Å². The highest BCUT2D eigenvalue weighted by Crippen LogP contribution is 2.31. The van der Waals surface area contributed by atoms with Gasteiger partial charge in [0.2, 0.25) is 0 Å². The van der Waals surface area contributed by atoms with Gasteiger partial charge in [0.25, 0.3) is 5.88 Å². The van der Waals surface area contributed by atoms with E-state index in [0.717, 1.165) is 5.56 Å². The summed E-state index contributed by atoms with van der Waals surface area (Å²) < 4.78 is 12.0. The minimum atomic E-state index is -0.641. The lowest BCUT2D eigenvalue weighted by Gasteiger charge is -2.13. The van der Waals surface area contributed by atoms with Gasteiger partial charge in [-0.05, 0) is 18.6 Å². The molecule has 7 nitrogen and oxygen atoms in total. The number of methoxy groups -OCH3 is 1. The summed E-state index contributed by atoms with van der Waals surface area (Å²) in [6.45, 7) is 1.82. The minimum absolute atomic E-state index is 0.00449. The number of oxime groups is 1. The third kappa shape index (κ3) is 3.62. The molecule has 2 rings (SSSR count). The van der Waals surface area contributed by atoms with E-state index in [1.54, 1.807) is 25.4 Å². The van der Waals surface area contributed by atoms with E-state index in [1.807, 2.05) is 13.0 Å². The summed E-state index contributed by atoms with van der Waals surface area (Å²) in [5.74, 6) is -0.0485. The lowest BCUT2D eigenvalue weighted by atomic mass is 10.0. The van der Waals surface area contributed by atoms with Crippen LogP contribution in [0.3, 0.4) is 0 Å². The number of carbonyl (C=O) groups is 1. The molecule has 0 fully saturated rings. The molecule has 0 spiro atoms. The fourth-order valence-corrected chi connectivity index (χ4v) is 2.23. The van der Waals surface area contributed by atoms with Gasteiger partial charge in [-0.1, -0.05) is 28.9 Å². The van der Waals surface area contributed by atoms with Crippen LogP contribution in [0.25, 0.3) is 0 Å². The molecular formula is C15H16ClN3O4. The van der Waals surface area contributed by atoms with Crippen LogP contribution in [0.2, 0.25) is 5.02 Å². The van der Waals surface area contributed by atoms with Crippen LogP contribution in [0.5, 0.6) is 11.6 Å². The van der Waals surface area contributed by atoms with Gasteiger partial charge in [0, 0.05) is 13.2 Å². The zero-order chi connectivity index (χ0) is 17.0. The Labute approximate surface area is 138 Å². The van der Waals surface area contributed by atoms with E-state index in [-0.39, 0.29) is 11.6 Å². The zero-order valence-electron chi connectivity index (χ0n) is 13.2. The summed E-state index contributed by atoms with van der Waals surface area (Å²) in [5, 5.41) is 8.23. The molecule has 0 atom stereocenters. The molecule has 1 heterocycles. The van der Waals surface area contributed by atoms with Crippen LogP contribution in [0, 0.1) is 6.92 Å². The van der Waals surface area contributed by atoms with Crippen molar-refractivity contribution in [3.05, 3.63) is 40.5 Å². The fourth-order valence-electron chi connectivity index (χ4n) is 2.01. The second kappa shape index (κ2) is 7.15. The lowest BCUT2D eigenvalue weighted by Crippen LogP contribution is -2.19. The highest BCUT2D eigenvalue weighted by molar-refractivity contribution is 6.44. The van der Waals surface area contributed by atoms with Crippen LogP contribution in [0.1, 0.15) is 11.1 Å². The maximum Gasteiger partial charge on any atom is 0.360 e. The predicted molar refractivity (Wildman–Crippen MR) is 85.0 cm³/mol. The Kier molecular flexibility index (Phi) is 5.23. The van der Waals surface area contributed by atoms with Gasteiger partial charge in [-0.2, -0.15) is 0 Å². The Morgan fingerprint density at radius 3 is 2.65 bits per heavy atom. The first kappa shape index (κ1) is 16.8. The first-order chi connectivity index (χ1) is 11.0. The normalized spacial score (nSPS) is 11.3. The first-order valence-corrected chi connectivity index (χ1v) is 7.02. The van der Waals surface area contributed by atoms with E-state index in [4.69, 9.17) is 25.9 Å². The number of aromatic nitrogens is 2. The van der Waals surface area contributed by atoms with Crippen LogP contribution in [-0.2, 0) is 21.4 Å². The molecule has 8 heteroatoms. The number of nitrogens with zero attached hydrogens (tertiary/aromatic N) is 3. The molecule has 122 valence electrons. The van der Waals surface area contributed by atoms with Crippen molar-refractivity contribution in [3.8, 4) is 11.6 Å². The molecule has 1 aromatic carbocycles. The largest absolute Gasteiger partial charge is 0.464 e. The molecule has 0 aliphatic rings. The monoisotopic (exact) mass is 337 g/mol. The Morgan fingerprint density at radius 1 is 1.35 bits per heavy atom. The Bertz CT molecular complexity index is 755. The summed E-state index contributed by atoms with van der Waals surface area (Å²) in [7, 11) is 4.33. The maximum absolute atomic E-state index is 12.0. The standard InChI is InChI=1S/C15H16ClN3O4/c1-9-6-5-7-11(23-14-10(16)8-19(2)17-14)12(9)13(18-22-4)15(20)21-3/h5-8H,1-4H3/b18-13+. The molecule has 0 aliphatic heterocycles. The van der Waals surface area contributed by atoms with Crippen molar-refractivity contribution < 1.29 is 19.1 Å². The summed E-state index contributed by atoms with van der Waals surface area (Å²) in [6, 6.07) is 5.28. The Morgan fingerprint density at radius 2 is 2.09 bits per heavy atom. The van der Waals surface area contributed by atoms with E-state index >= 15 is 0 Å². The number of halogens is 1. The second-order valence-corrected chi connectivity index (χ2v) is 5.03. The van der Waals surface area contributed by atoms with Crippen molar-refractivity contribution in [1.82, 2.24) is 9.78 Å². The zero-order valence-corrected chi connectivity index (χ0v) is 13.9. The average molecular weight is 338 g/mol. The molecule has 0 saturated carbocycles. The maximum atomic E-state index is 12.0. The summed E-state index contributed by atoms with van der Waals surface area (Å²) in [5.41, 5.74) is 1.20. The van der Waals surface area contributed by atoms with Gasteiger partial charge in [0.15, 0.2) is 5.71 Å². The number of benzene rings is 1. The van der Waals surface area contributed by atoms with E-state index in [1.165, 1.54) is 18.9 Å². The molecule has 0 radical (unpaired) electrons. The molecule has 0 N–H and O–H groups in total. The van der Waals surface area contributed by atoms with E-state index < -0.39 is 5.97 Å². The molecule has 1 aromatic heterocycles. The third-order valence-corrected chi connectivity index (χ3v) is 3.25. The van der Waals surface area contributed by atoms with Gasteiger partial charge in [0.1, 0.15) is 17.9 Å².